The van der Waals surface area contributed by atoms with Crippen molar-refractivity contribution in [1.82, 2.24) is 21.3 Å². The minimum atomic E-state index is -1.60. The van der Waals surface area contributed by atoms with Gasteiger partial charge in [-0.3, -0.25) is 28.8 Å². The van der Waals surface area contributed by atoms with E-state index in [1.54, 1.807) is 60.0 Å². The number of thiophene rings is 1. The number of fused-ring (bicyclic) bond motifs is 18. The van der Waals surface area contributed by atoms with E-state index in [0.717, 1.165) is 6.92 Å². The van der Waals surface area contributed by atoms with Crippen LogP contribution in [0.4, 0.5) is 5.69 Å². The van der Waals surface area contributed by atoms with Crippen molar-refractivity contribution in [3.63, 3.8) is 0 Å². The summed E-state index contributed by atoms with van der Waals surface area (Å²) in [6.45, 7) is 1.08. The number of carboxylic acids is 1. The summed E-state index contributed by atoms with van der Waals surface area (Å²) < 4.78 is 5.20. The van der Waals surface area contributed by atoms with Crippen LogP contribution in [-0.4, -0.2) is 76.9 Å². The average Bonchev–Trinajstić information content (AvgIpc) is 3.68. The van der Waals surface area contributed by atoms with Crippen molar-refractivity contribution in [2.24, 2.45) is 0 Å². The lowest BCUT2D eigenvalue weighted by atomic mass is 10.0. The van der Waals surface area contributed by atoms with Crippen LogP contribution in [0, 0.1) is 0 Å². The number of hydrogen-bond acceptors (Lipinski definition) is 9. The SMILES string of the molecule is CC(=O)O[C@@H]1CC(=O)N[C@H](Cc2cccs2)C(=O)N[C@@H](Cc2ccc(Cl)cc2Cl)C(=O)N[C@H](Cc2ccccc2)C(=O)N[C@@H](C(=O)O)Cc2ccc(cc2)NC1=O. The Morgan fingerprint density at radius 3 is 2.00 bits per heavy atom. The number of nitrogens with one attached hydrogen (secondary N) is 5. The molecule has 6 rings (SSSR count). The van der Waals surface area contributed by atoms with Crippen LogP contribution in [0.25, 0.3) is 0 Å². The molecule has 3 aromatic carbocycles. The molecule has 14 nitrogen and oxygen atoms in total. The van der Waals surface area contributed by atoms with Crippen molar-refractivity contribution < 1.29 is 43.4 Å². The molecule has 2 aliphatic heterocycles. The molecule has 6 N–H and O–H groups in total. The zero-order valence-corrected chi connectivity index (χ0v) is 32.8. The summed E-state index contributed by atoms with van der Waals surface area (Å²) in [6.07, 6.45) is -2.66. The molecular formula is C40H39Cl2N5O9S. The van der Waals surface area contributed by atoms with Crippen LogP contribution in [0.3, 0.4) is 0 Å². The number of carbonyl (C=O) groups is 7. The van der Waals surface area contributed by atoms with Crippen molar-refractivity contribution in [1.29, 1.82) is 0 Å². The number of aliphatic carboxylic acids is 1. The Hall–Kier alpha value is -5.77. The second kappa shape index (κ2) is 19.9. The summed E-state index contributed by atoms with van der Waals surface area (Å²) in [7, 11) is 0. The summed E-state index contributed by atoms with van der Waals surface area (Å²) in [5.74, 6) is -6.24. The van der Waals surface area contributed by atoms with Crippen molar-refractivity contribution in [3.05, 3.63) is 122 Å². The molecule has 0 unspecified atom stereocenters. The van der Waals surface area contributed by atoms with Crippen LogP contribution in [0.1, 0.15) is 34.9 Å². The fraction of sp³-hybridized carbons (Fsp3) is 0.275. The molecule has 4 aromatic rings. The molecule has 5 amide bonds. The second-order valence-electron chi connectivity index (χ2n) is 13.2. The summed E-state index contributed by atoms with van der Waals surface area (Å²) in [5, 5.41) is 25.6. The van der Waals surface area contributed by atoms with Gasteiger partial charge >= 0.3 is 11.9 Å². The molecule has 1 aromatic heterocycles. The lowest BCUT2D eigenvalue weighted by molar-refractivity contribution is -0.153. The number of rotatable bonds is 8. The summed E-state index contributed by atoms with van der Waals surface area (Å²) >= 11 is 13.9. The molecule has 2 bridgehead atoms. The third kappa shape index (κ3) is 12.6. The molecule has 57 heavy (non-hydrogen) atoms. The third-order valence-electron chi connectivity index (χ3n) is 8.87. The van der Waals surface area contributed by atoms with Gasteiger partial charge in [0, 0.05) is 53.2 Å². The predicted molar refractivity (Wildman–Crippen MR) is 213 cm³/mol. The van der Waals surface area contributed by atoms with Crippen LogP contribution >= 0.6 is 34.5 Å². The first kappa shape index (κ1) is 42.4. The van der Waals surface area contributed by atoms with Gasteiger partial charge in [0.1, 0.15) is 24.2 Å². The lowest BCUT2D eigenvalue weighted by Crippen LogP contribution is -2.59. The number of hydrogen-bond donors (Lipinski definition) is 6. The Balaban J connectivity index is 1.55. The molecule has 0 radical (unpaired) electrons. The molecular weight excluding hydrogens is 797 g/mol. The first-order valence-corrected chi connectivity index (χ1v) is 19.4. The Morgan fingerprint density at radius 1 is 0.737 bits per heavy atom. The first-order chi connectivity index (χ1) is 27.2. The highest BCUT2D eigenvalue weighted by Crippen LogP contribution is 2.23. The van der Waals surface area contributed by atoms with Gasteiger partial charge in [-0.05, 0) is 52.4 Å². The number of amides is 5. The number of carbonyl (C=O) groups excluding carboxylic acids is 6. The van der Waals surface area contributed by atoms with E-state index in [2.05, 4.69) is 26.6 Å². The Morgan fingerprint density at radius 2 is 1.39 bits per heavy atom. The summed E-state index contributed by atoms with van der Waals surface area (Å²) in [6, 6.07) is 17.4. The number of halogens is 2. The first-order valence-electron chi connectivity index (χ1n) is 17.7. The molecule has 0 fully saturated rings. The average molecular weight is 837 g/mol. The van der Waals surface area contributed by atoms with E-state index >= 15 is 0 Å². The highest BCUT2D eigenvalue weighted by molar-refractivity contribution is 7.09. The Kier molecular flexibility index (Phi) is 14.8. The van der Waals surface area contributed by atoms with Gasteiger partial charge in [0.2, 0.25) is 23.6 Å². The van der Waals surface area contributed by atoms with E-state index in [-0.39, 0.29) is 36.4 Å². The van der Waals surface area contributed by atoms with E-state index in [1.165, 1.54) is 41.7 Å². The lowest BCUT2D eigenvalue weighted by Gasteiger charge is -2.26. The van der Waals surface area contributed by atoms with Crippen LogP contribution in [0.5, 0.6) is 0 Å². The molecule has 2 aliphatic rings. The number of carboxylic acid groups (broad SMARTS) is 1. The second-order valence-corrected chi connectivity index (χ2v) is 15.1. The monoisotopic (exact) mass is 835 g/mol. The summed E-state index contributed by atoms with van der Waals surface area (Å²) in [4.78, 5) is 94.4. The molecule has 5 atom stereocenters. The van der Waals surface area contributed by atoms with Crippen LogP contribution < -0.4 is 26.6 Å². The van der Waals surface area contributed by atoms with Gasteiger partial charge in [0.05, 0.1) is 6.42 Å². The molecule has 0 saturated heterocycles. The van der Waals surface area contributed by atoms with Crippen molar-refractivity contribution >= 4 is 81.7 Å². The molecule has 0 aliphatic carbocycles. The van der Waals surface area contributed by atoms with E-state index in [4.69, 9.17) is 27.9 Å². The van der Waals surface area contributed by atoms with Gasteiger partial charge in [-0.15, -0.1) is 11.3 Å². The topological polar surface area (TPSA) is 209 Å². The van der Waals surface area contributed by atoms with Crippen molar-refractivity contribution in [2.45, 2.75) is 69.3 Å². The molecule has 298 valence electrons. The predicted octanol–water partition coefficient (Wildman–Crippen LogP) is 3.62. The standard InChI is InChI=1S/C40H39Cl2N5O9S/c1-22(48)56-34-21-35(49)44-32(20-28-8-5-15-57-28)38(52)46-31(18-25-11-12-26(41)19-29(25)42)37(51)45-30(16-23-6-3-2-4-7-23)36(50)47-33(40(54)55)17-24-9-13-27(14-10-24)43-39(34)53/h2-15,19,30-34H,16-18,20-21H2,1H3,(H,43,53)(H,44,49)(H,45,51)(H,46,52)(H,47,50)(H,54,55)/t30-,31+,32-,33-,34-/m1/s1. The van der Waals surface area contributed by atoms with E-state index in [0.29, 0.717) is 26.6 Å². The maximum atomic E-state index is 14.3. The normalized spacial score (nSPS) is 21.2. The molecule has 17 heteroatoms. The number of esters is 1. The number of anilines is 1. The minimum absolute atomic E-state index is 0.0162. The van der Waals surface area contributed by atoms with E-state index in [1.807, 2.05) is 0 Å². The van der Waals surface area contributed by atoms with Gasteiger partial charge in [-0.2, -0.15) is 0 Å². The number of ether oxygens (including phenoxy) is 1. The van der Waals surface area contributed by atoms with Crippen LogP contribution in [0.15, 0.2) is 90.3 Å². The highest BCUT2D eigenvalue weighted by Gasteiger charge is 2.34. The minimum Gasteiger partial charge on any atom is -0.480 e. The van der Waals surface area contributed by atoms with Gasteiger partial charge in [-0.1, -0.05) is 77.8 Å². The van der Waals surface area contributed by atoms with Gasteiger partial charge in [0.25, 0.3) is 5.91 Å². The molecule has 3 heterocycles. The maximum Gasteiger partial charge on any atom is 0.326 e. The Bertz CT molecular complexity index is 2100. The Labute approximate surface area is 341 Å². The van der Waals surface area contributed by atoms with E-state index in [9.17, 15) is 38.7 Å². The number of benzene rings is 3. The highest BCUT2D eigenvalue weighted by atomic mass is 35.5. The zero-order valence-electron chi connectivity index (χ0n) is 30.5. The molecule has 0 saturated carbocycles. The van der Waals surface area contributed by atoms with Crippen LogP contribution in [-0.2, 0) is 64.0 Å². The maximum absolute atomic E-state index is 14.3. The zero-order chi connectivity index (χ0) is 41.1. The largest absolute Gasteiger partial charge is 0.480 e. The quantitative estimate of drug-likeness (QED) is 0.113. The third-order valence-corrected chi connectivity index (χ3v) is 10.4. The van der Waals surface area contributed by atoms with Gasteiger partial charge in [-0.25, -0.2) is 4.79 Å². The smallest absolute Gasteiger partial charge is 0.326 e. The molecule has 0 spiro atoms. The fourth-order valence-corrected chi connectivity index (χ4v) is 7.26. The van der Waals surface area contributed by atoms with Gasteiger partial charge < -0.3 is 36.4 Å². The fourth-order valence-electron chi connectivity index (χ4n) is 6.02. The van der Waals surface area contributed by atoms with Crippen molar-refractivity contribution in [2.75, 3.05) is 5.32 Å². The summed E-state index contributed by atoms with van der Waals surface area (Å²) in [5.41, 5.74) is 1.79. The van der Waals surface area contributed by atoms with Crippen LogP contribution in [0.2, 0.25) is 10.0 Å². The van der Waals surface area contributed by atoms with E-state index < -0.39 is 78.2 Å². The van der Waals surface area contributed by atoms with Crippen molar-refractivity contribution in [3.8, 4) is 0 Å². The van der Waals surface area contributed by atoms with Gasteiger partial charge in [0.15, 0.2) is 6.10 Å².